The molecule has 0 unspecified atom stereocenters. The number of hydrogen-bond donors (Lipinski definition) is 5. The first-order valence-electron chi connectivity index (χ1n) is 10.6. The van der Waals surface area contributed by atoms with Crippen molar-refractivity contribution in [3.05, 3.63) is 53.5 Å². The summed E-state index contributed by atoms with van der Waals surface area (Å²) in [7, 11) is 0. The molecule has 0 saturated carbocycles. The highest BCUT2D eigenvalue weighted by Gasteiger charge is 2.39. The van der Waals surface area contributed by atoms with Crippen LogP contribution in [0.5, 0.6) is 5.75 Å². The van der Waals surface area contributed by atoms with E-state index in [-0.39, 0.29) is 11.6 Å². The Balaban J connectivity index is 0.000000473. The van der Waals surface area contributed by atoms with Crippen LogP contribution in [0.3, 0.4) is 0 Å². The molecule has 1 aromatic heterocycles. The monoisotopic (exact) mass is 585 g/mol. The number of furan rings is 1. The Kier molecular flexibility index (Phi) is 11.7. The van der Waals surface area contributed by atoms with Crippen molar-refractivity contribution in [3.63, 3.8) is 0 Å². The molecular weight excluding hydrogens is 564 g/mol. The van der Waals surface area contributed by atoms with Crippen molar-refractivity contribution in [3.8, 4) is 5.75 Å². The number of nitrogens with zero attached hydrogens (tertiary/aromatic N) is 1. The van der Waals surface area contributed by atoms with Gasteiger partial charge < -0.3 is 30.2 Å². The molecule has 1 atom stereocenters. The van der Waals surface area contributed by atoms with E-state index >= 15 is 0 Å². The Morgan fingerprint density at radius 2 is 1.45 bits per heavy atom. The fourth-order valence-corrected chi connectivity index (χ4v) is 2.93. The first-order valence-corrected chi connectivity index (χ1v) is 10.6. The molecule has 1 fully saturated rings. The summed E-state index contributed by atoms with van der Waals surface area (Å²) in [5.41, 5.74) is 5.91. The number of alkyl halides is 6. The van der Waals surface area contributed by atoms with Gasteiger partial charge in [0.25, 0.3) is 0 Å². The lowest BCUT2D eigenvalue weighted by molar-refractivity contribution is -0.193. The predicted octanol–water partition coefficient (Wildman–Crippen LogP) is 3.10. The van der Waals surface area contributed by atoms with Gasteiger partial charge in [0.2, 0.25) is 5.76 Å². The van der Waals surface area contributed by atoms with Crippen LogP contribution in [0.2, 0.25) is 0 Å². The fraction of sp³-hybridized carbons (Fsp3) is 0.318. The number of carbonyl (C=O) groups excluding carboxylic acids is 1. The second-order valence-electron chi connectivity index (χ2n) is 7.67. The highest BCUT2D eigenvalue weighted by molar-refractivity contribution is 5.95. The van der Waals surface area contributed by atoms with Crippen molar-refractivity contribution in [1.29, 1.82) is 5.41 Å². The van der Waals surface area contributed by atoms with Crippen LogP contribution in [0, 0.1) is 5.41 Å². The van der Waals surface area contributed by atoms with E-state index < -0.39 is 42.3 Å². The molecule has 18 heteroatoms. The molecule has 1 aliphatic heterocycles. The van der Waals surface area contributed by atoms with E-state index in [0.717, 1.165) is 6.42 Å². The molecule has 0 spiro atoms. The Morgan fingerprint density at radius 3 is 1.88 bits per heavy atom. The van der Waals surface area contributed by atoms with Gasteiger partial charge in [0.1, 0.15) is 23.4 Å². The molecule has 0 bridgehead atoms. The lowest BCUT2D eigenvalue weighted by Crippen LogP contribution is -2.35. The van der Waals surface area contributed by atoms with Gasteiger partial charge in [-0.3, -0.25) is 15.1 Å². The Morgan fingerprint density at radius 1 is 0.950 bits per heavy atom. The van der Waals surface area contributed by atoms with E-state index in [4.69, 9.17) is 40.1 Å². The normalized spacial score (nSPS) is 15.1. The summed E-state index contributed by atoms with van der Waals surface area (Å²) >= 11 is 0. The zero-order valence-corrected chi connectivity index (χ0v) is 20.0. The Hall–Kier alpha value is -4.61. The van der Waals surface area contributed by atoms with Gasteiger partial charge in [-0.05, 0) is 55.8 Å². The summed E-state index contributed by atoms with van der Waals surface area (Å²) in [6.07, 6.45) is -8.73. The van der Waals surface area contributed by atoms with Gasteiger partial charge in [-0.15, -0.1) is 0 Å². The number of nitrogen functional groups attached to an aromatic ring is 1. The van der Waals surface area contributed by atoms with Crippen LogP contribution < -0.4 is 10.5 Å². The highest BCUT2D eigenvalue weighted by atomic mass is 19.4. The zero-order chi connectivity index (χ0) is 30.8. The second-order valence-corrected chi connectivity index (χ2v) is 7.67. The number of rotatable bonds is 6. The molecule has 2 heterocycles. The predicted molar refractivity (Wildman–Crippen MR) is 120 cm³/mol. The molecule has 1 aromatic carbocycles. The third-order valence-electron chi connectivity index (χ3n) is 4.73. The number of amidine groups is 1. The van der Waals surface area contributed by atoms with Gasteiger partial charge in [-0.2, -0.15) is 26.3 Å². The van der Waals surface area contributed by atoms with Crippen LogP contribution in [0.25, 0.3) is 0 Å². The molecule has 0 aliphatic carbocycles. The minimum Gasteiger partial charge on any atom is -0.480 e. The lowest BCUT2D eigenvalue weighted by atomic mass is 10.2. The topological polar surface area (TPSA) is 204 Å². The maximum absolute atomic E-state index is 12.2. The van der Waals surface area contributed by atoms with E-state index in [0.29, 0.717) is 36.6 Å². The zero-order valence-electron chi connectivity index (χ0n) is 20.0. The van der Waals surface area contributed by atoms with E-state index in [1.54, 1.807) is 30.3 Å². The van der Waals surface area contributed by atoms with E-state index in [1.165, 1.54) is 6.07 Å². The van der Waals surface area contributed by atoms with Crippen LogP contribution >= 0.6 is 0 Å². The summed E-state index contributed by atoms with van der Waals surface area (Å²) in [4.78, 5) is 43.0. The summed E-state index contributed by atoms with van der Waals surface area (Å²) < 4.78 is 74.2. The van der Waals surface area contributed by atoms with Gasteiger partial charge in [0.05, 0.1) is 6.54 Å². The third kappa shape index (κ3) is 11.0. The lowest BCUT2D eigenvalue weighted by Gasteiger charge is -2.19. The second kappa shape index (κ2) is 14.0. The molecule has 6 N–H and O–H groups in total. The number of hydrogen-bond acceptors (Lipinski definition) is 8. The molecule has 0 radical (unpaired) electrons. The SMILES string of the molecule is N=C(N)c1ccc(OC(=O)c2ccc(CN3CCC[C@H]3C(=O)O)o2)cc1.O=C(O)C(F)(F)F.O=C(O)C(F)(F)F. The standard InChI is InChI=1S/C18H19N3O5.2C2HF3O2/c19-16(20)11-3-5-12(6-4-11)26-18(24)15-8-7-13(25-15)10-21-9-1-2-14(21)17(22)23;2*3-2(4,5)1(6)7/h3-8,14H,1-2,9-10H2,(H3,19,20)(H,22,23);2*(H,6,7)/t14-;;/m0../s1. The average molecular weight is 585 g/mol. The van der Waals surface area contributed by atoms with Gasteiger partial charge in [-0.25, -0.2) is 14.4 Å². The quantitative estimate of drug-likeness (QED) is 0.110. The van der Waals surface area contributed by atoms with Crippen molar-refractivity contribution >= 4 is 29.7 Å². The molecule has 1 saturated heterocycles. The molecule has 12 nitrogen and oxygen atoms in total. The van der Waals surface area contributed by atoms with Crippen LogP contribution in [-0.2, 0) is 20.9 Å². The smallest absolute Gasteiger partial charge is 0.480 e. The Labute approximate surface area is 220 Å². The van der Waals surface area contributed by atoms with Crippen molar-refractivity contribution in [2.24, 2.45) is 5.73 Å². The summed E-state index contributed by atoms with van der Waals surface area (Å²) in [5.74, 6) is -6.21. The Bertz CT molecular complexity index is 1190. The molecular formula is C22H21F6N3O9. The van der Waals surface area contributed by atoms with Crippen molar-refractivity contribution in [2.75, 3.05) is 6.54 Å². The molecule has 3 rings (SSSR count). The van der Waals surface area contributed by atoms with Crippen LogP contribution in [0.15, 0.2) is 40.8 Å². The molecule has 40 heavy (non-hydrogen) atoms. The summed E-state index contributed by atoms with van der Waals surface area (Å²) in [5, 5.41) is 30.8. The minimum absolute atomic E-state index is 0.0433. The highest BCUT2D eigenvalue weighted by Crippen LogP contribution is 2.22. The first kappa shape index (κ1) is 33.4. The number of aliphatic carboxylic acids is 3. The number of carboxylic acid groups (broad SMARTS) is 3. The largest absolute Gasteiger partial charge is 0.490 e. The number of ether oxygens (including phenoxy) is 1. The number of benzene rings is 1. The number of nitrogens with two attached hydrogens (primary N) is 1. The van der Waals surface area contributed by atoms with E-state index in [2.05, 4.69) is 0 Å². The first-order chi connectivity index (χ1) is 18.3. The number of carboxylic acids is 3. The fourth-order valence-electron chi connectivity index (χ4n) is 2.93. The molecule has 220 valence electrons. The number of halogens is 6. The van der Waals surface area contributed by atoms with Crippen molar-refractivity contribution in [1.82, 2.24) is 4.90 Å². The van der Waals surface area contributed by atoms with Crippen molar-refractivity contribution in [2.45, 2.75) is 37.8 Å². The van der Waals surface area contributed by atoms with Gasteiger partial charge >= 0.3 is 36.2 Å². The van der Waals surface area contributed by atoms with Gasteiger partial charge in [0.15, 0.2) is 0 Å². The maximum atomic E-state index is 12.2. The number of carbonyl (C=O) groups is 4. The summed E-state index contributed by atoms with van der Waals surface area (Å²) in [6, 6.07) is 8.88. The number of esters is 1. The van der Waals surface area contributed by atoms with E-state index in [1.807, 2.05) is 4.90 Å². The number of likely N-dealkylation sites (tertiary alicyclic amines) is 1. The molecule has 0 amide bonds. The van der Waals surface area contributed by atoms with Crippen LogP contribution in [0.1, 0.15) is 34.7 Å². The minimum atomic E-state index is -5.08. The van der Waals surface area contributed by atoms with E-state index in [9.17, 15) is 41.0 Å². The summed E-state index contributed by atoms with van der Waals surface area (Å²) in [6.45, 7) is 1.01. The average Bonchev–Trinajstić information content (AvgIpc) is 3.49. The van der Waals surface area contributed by atoms with Crippen molar-refractivity contribution < 1.29 is 70.0 Å². The molecule has 1 aliphatic rings. The molecule has 2 aromatic rings. The van der Waals surface area contributed by atoms with Crippen LogP contribution in [-0.4, -0.2) is 74.9 Å². The van der Waals surface area contributed by atoms with Crippen LogP contribution in [0.4, 0.5) is 26.3 Å². The number of nitrogens with one attached hydrogen (secondary N) is 1. The maximum Gasteiger partial charge on any atom is 0.490 e. The third-order valence-corrected chi connectivity index (χ3v) is 4.73. The van der Waals surface area contributed by atoms with Gasteiger partial charge in [0, 0.05) is 5.56 Å². The van der Waals surface area contributed by atoms with Gasteiger partial charge in [-0.1, -0.05) is 0 Å².